The topological polar surface area (TPSA) is 92.8 Å². The van der Waals surface area contributed by atoms with Gasteiger partial charge >= 0.3 is 5.97 Å². The van der Waals surface area contributed by atoms with Crippen molar-refractivity contribution in [2.24, 2.45) is 0 Å². The average molecular weight is 327 g/mol. The molecule has 2 N–H and O–H groups in total. The molecule has 6 heteroatoms. The molecule has 3 aromatic rings. The number of nitrogens with zero attached hydrogens (tertiary/aromatic N) is 1. The van der Waals surface area contributed by atoms with Gasteiger partial charge in [0.15, 0.2) is 11.2 Å². The normalized spacial score (nSPS) is 13.7. The van der Waals surface area contributed by atoms with Gasteiger partial charge in [0, 0.05) is 0 Å². The molecule has 1 atom stereocenters. The van der Waals surface area contributed by atoms with Gasteiger partial charge in [0.25, 0.3) is 0 Å². The summed E-state index contributed by atoms with van der Waals surface area (Å²) in [7, 11) is 1.57. The molecule has 0 saturated carbocycles. The Morgan fingerprint density at radius 1 is 1.25 bits per heavy atom. The smallest absolute Gasteiger partial charge is 0.335 e. The minimum absolute atomic E-state index is 0.105. The van der Waals surface area contributed by atoms with Crippen LogP contribution in [0.15, 0.2) is 40.8 Å². The molecule has 3 rings (SSSR count). The van der Waals surface area contributed by atoms with Gasteiger partial charge in [0.1, 0.15) is 11.3 Å². The van der Waals surface area contributed by atoms with E-state index in [2.05, 4.69) is 4.98 Å². The molecule has 2 aromatic carbocycles. The maximum absolute atomic E-state index is 11.2. The van der Waals surface area contributed by atoms with Gasteiger partial charge in [-0.2, -0.15) is 0 Å². The van der Waals surface area contributed by atoms with Crippen molar-refractivity contribution in [2.45, 2.75) is 19.4 Å². The fraction of sp³-hybridized carbons (Fsp3) is 0.222. The molecule has 0 amide bonds. The number of aliphatic hydroxyl groups is 1. The lowest BCUT2D eigenvalue weighted by Crippen LogP contribution is -2.23. The van der Waals surface area contributed by atoms with Crippen LogP contribution in [-0.2, 0) is 5.60 Å². The molecular formula is C18H17NO5. The lowest BCUT2D eigenvalue weighted by atomic mass is 9.96. The van der Waals surface area contributed by atoms with Crippen molar-refractivity contribution >= 4 is 17.1 Å². The highest BCUT2D eigenvalue weighted by atomic mass is 16.5. The van der Waals surface area contributed by atoms with Gasteiger partial charge in [0.2, 0.25) is 5.89 Å². The Morgan fingerprint density at radius 3 is 2.50 bits per heavy atom. The molecule has 0 aliphatic rings. The standard InChI is InChI=1S/C18H17NO5/c1-10-8-11(16(20)21)9-14-15(10)19-17(24-14)18(2,22)12-4-6-13(23-3)7-5-12/h4-9,22H,1-3H3,(H,20,21). The number of hydrogen-bond donors (Lipinski definition) is 2. The summed E-state index contributed by atoms with van der Waals surface area (Å²) in [6.45, 7) is 3.33. The maximum Gasteiger partial charge on any atom is 0.335 e. The number of aryl methyl sites for hydroxylation is 1. The molecule has 0 saturated heterocycles. The van der Waals surface area contributed by atoms with Crippen LogP contribution < -0.4 is 4.74 Å². The number of aromatic nitrogens is 1. The fourth-order valence-corrected chi connectivity index (χ4v) is 2.57. The SMILES string of the molecule is COc1ccc(C(C)(O)c2nc3c(C)cc(C(=O)O)cc3o2)cc1. The van der Waals surface area contributed by atoms with Gasteiger partial charge < -0.3 is 19.4 Å². The number of rotatable bonds is 4. The second-order valence-corrected chi connectivity index (χ2v) is 5.76. The van der Waals surface area contributed by atoms with Crippen LogP contribution in [0.2, 0.25) is 0 Å². The molecule has 124 valence electrons. The monoisotopic (exact) mass is 327 g/mol. The Labute approximate surface area is 138 Å². The number of ether oxygens (including phenoxy) is 1. The van der Waals surface area contributed by atoms with Crippen molar-refractivity contribution in [1.82, 2.24) is 4.98 Å². The summed E-state index contributed by atoms with van der Waals surface area (Å²) in [5.41, 5.74) is 0.782. The van der Waals surface area contributed by atoms with Crippen molar-refractivity contribution in [1.29, 1.82) is 0 Å². The Kier molecular flexibility index (Phi) is 3.77. The lowest BCUT2D eigenvalue weighted by molar-refractivity contribution is 0.0697. The highest BCUT2D eigenvalue weighted by Crippen LogP contribution is 2.33. The maximum atomic E-state index is 11.2. The molecule has 6 nitrogen and oxygen atoms in total. The predicted molar refractivity (Wildman–Crippen MR) is 87.4 cm³/mol. The van der Waals surface area contributed by atoms with Crippen LogP contribution in [0.5, 0.6) is 5.75 Å². The number of aromatic carboxylic acids is 1. The minimum atomic E-state index is -1.46. The van der Waals surface area contributed by atoms with E-state index in [1.54, 1.807) is 45.2 Å². The first-order valence-electron chi connectivity index (χ1n) is 7.35. The second kappa shape index (κ2) is 5.65. The van der Waals surface area contributed by atoms with Crippen molar-refractivity contribution < 1.29 is 24.2 Å². The first-order valence-corrected chi connectivity index (χ1v) is 7.35. The summed E-state index contributed by atoms with van der Waals surface area (Å²) in [6, 6.07) is 9.86. The van der Waals surface area contributed by atoms with Crippen LogP contribution in [0, 0.1) is 6.92 Å². The van der Waals surface area contributed by atoms with E-state index in [0.29, 0.717) is 28.0 Å². The van der Waals surface area contributed by atoms with E-state index < -0.39 is 11.6 Å². The van der Waals surface area contributed by atoms with E-state index in [9.17, 15) is 9.90 Å². The molecule has 0 aliphatic carbocycles. The number of hydrogen-bond acceptors (Lipinski definition) is 5. The quantitative estimate of drug-likeness (QED) is 0.765. The first kappa shape index (κ1) is 16.0. The summed E-state index contributed by atoms with van der Waals surface area (Å²) in [4.78, 5) is 15.5. The molecular weight excluding hydrogens is 310 g/mol. The van der Waals surface area contributed by atoms with Gasteiger partial charge in [-0.3, -0.25) is 0 Å². The van der Waals surface area contributed by atoms with Gasteiger partial charge in [-0.05, 0) is 49.2 Å². The summed E-state index contributed by atoms with van der Waals surface area (Å²) in [5, 5.41) is 20.0. The Morgan fingerprint density at radius 2 is 1.92 bits per heavy atom. The van der Waals surface area contributed by atoms with Crippen LogP contribution in [0.3, 0.4) is 0 Å². The third kappa shape index (κ3) is 2.61. The van der Waals surface area contributed by atoms with Crippen molar-refractivity contribution in [3.63, 3.8) is 0 Å². The van der Waals surface area contributed by atoms with Crippen LogP contribution in [-0.4, -0.2) is 28.3 Å². The van der Waals surface area contributed by atoms with Gasteiger partial charge in [0.05, 0.1) is 12.7 Å². The summed E-state index contributed by atoms with van der Waals surface area (Å²) >= 11 is 0. The molecule has 1 aromatic heterocycles. The second-order valence-electron chi connectivity index (χ2n) is 5.76. The minimum Gasteiger partial charge on any atom is -0.497 e. The molecule has 0 spiro atoms. The van der Waals surface area contributed by atoms with Crippen LogP contribution in [0.4, 0.5) is 0 Å². The Balaban J connectivity index is 2.10. The molecule has 0 bridgehead atoms. The van der Waals surface area contributed by atoms with E-state index in [-0.39, 0.29) is 11.5 Å². The first-order chi connectivity index (χ1) is 11.3. The Bertz CT molecular complexity index is 909. The third-order valence-electron chi connectivity index (χ3n) is 4.00. The number of oxazole rings is 1. The largest absolute Gasteiger partial charge is 0.497 e. The summed E-state index contributed by atoms with van der Waals surface area (Å²) in [5.74, 6) is -0.262. The molecule has 24 heavy (non-hydrogen) atoms. The highest BCUT2D eigenvalue weighted by Gasteiger charge is 2.32. The third-order valence-corrected chi connectivity index (χ3v) is 4.00. The van der Waals surface area contributed by atoms with E-state index in [1.165, 1.54) is 12.1 Å². The zero-order chi connectivity index (χ0) is 17.5. The van der Waals surface area contributed by atoms with Gasteiger partial charge in [-0.25, -0.2) is 9.78 Å². The molecule has 0 fully saturated rings. The molecule has 0 aliphatic heterocycles. The molecule has 1 unspecified atom stereocenters. The zero-order valence-corrected chi connectivity index (χ0v) is 13.5. The predicted octanol–water partition coefficient (Wildman–Crippen LogP) is 3.10. The lowest BCUT2D eigenvalue weighted by Gasteiger charge is -2.20. The highest BCUT2D eigenvalue weighted by molar-refractivity contribution is 5.93. The molecule has 0 radical (unpaired) electrons. The van der Waals surface area contributed by atoms with Crippen LogP contribution >= 0.6 is 0 Å². The van der Waals surface area contributed by atoms with Gasteiger partial charge in [-0.15, -0.1) is 0 Å². The van der Waals surface area contributed by atoms with E-state index in [4.69, 9.17) is 14.3 Å². The van der Waals surface area contributed by atoms with Crippen LogP contribution in [0.25, 0.3) is 11.1 Å². The number of carboxylic acids is 1. The number of carbonyl (C=O) groups is 1. The number of benzene rings is 2. The average Bonchev–Trinajstić information content (AvgIpc) is 3.00. The van der Waals surface area contributed by atoms with E-state index >= 15 is 0 Å². The van der Waals surface area contributed by atoms with E-state index in [1.807, 2.05) is 0 Å². The van der Waals surface area contributed by atoms with Crippen molar-refractivity contribution in [3.8, 4) is 5.75 Å². The zero-order valence-electron chi connectivity index (χ0n) is 13.5. The van der Waals surface area contributed by atoms with Crippen LogP contribution in [0.1, 0.15) is 34.3 Å². The fourth-order valence-electron chi connectivity index (χ4n) is 2.57. The van der Waals surface area contributed by atoms with Crippen molar-refractivity contribution in [3.05, 3.63) is 59.0 Å². The molecule has 1 heterocycles. The Hall–Kier alpha value is -2.86. The number of fused-ring (bicyclic) bond motifs is 1. The van der Waals surface area contributed by atoms with E-state index in [0.717, 1.165) is 0 Å². The summed E-state index contributed by atoms with van der Waals surface area (Å²) in [6.07, 6.45) is 0. The number of carboxylic acid groups (broad SMARTS) is 1. The summed E-state index contributed by atoms with van der Waals surface area (Å²) < 4.78 is 10.8. The van der Waals surface area contributed by atoms with Gasteiger partial charge in [-0.1, -0.05) is 12.1 Å². The van der Waals surface area contributed by atoms with Crippen molar-refractivity contribution in [2.75, 3.05) is 7.11 Å². The number of methoxy groups -OCH3 is 1.